The average molecular weight is 263 g/mol. The summed E-state index contributed by atoms with van der Waals surface area (Å²) < 4.78 is 7.54. The predicted octanol–water partition coefficient (Wildman–Crippen LogP) is 1.62. The SMILES string of the molecule is CCc1nnc(Cn2ccnc2CNCC(C)C)o1. The van der Waals surface area contributed by atoms with Crippen molar-refractivity contribution in [1.29, 1.82) is 0 Å². The third kappa shape index (κ3) is 3.89. The maximum atomic E-state index is 5.51. The van der Waals surface area contributed by atoms with E-state index in [4.69, 9.17) is 4.42 Å². The van der Waals surface area contributed by atoms with Gasteiger partial charge in [-0.25, -0.2) is 4.98 Å². The number of aromatic nitrogens is 4. The molecule has 0 fully saturated rings. The fourth-order valence-corrected chi connectivity index (χ4v) is 1.76. The second-order valence-corrected chi connectivity index (χ2v) is 4.94. The molecular formula is C13H21N5O. The molecule has 6 nitrogen and oxygen atoms in total. The van der Waals surface area contributed by atoms with Gasteiger partial charge < -0.3 is 14.3 Å². The highest BCUT2D eigenvalue weighted by molar-refractivity contribution is 4.95. The van der Waals surface area contributed by atoms with Gasteiger partial charge in [0.15, 0.2) is 0 Å². The second-order valence-electron chi connectivity index (χ2n) is 4.94. The monoisotopic (exact) mass is 263 g/mol. The minimum atomic E-state index is 0.575. The van der Waals surface area contributed by atoms with E-state index < -0.39 is 0 Å². The Morgan fingerprint density at radius 1 is 1.32 bits per heavy atom. The standard InChI is InChI=1S/C13H21N5O/c1-4-12-16-17-13(19-12)9-18-6-5-15-11(18)8-14-7-10(2)3/h5-6,10,14H,4,7-9H2,1-3H3. The number of imidazole rings is 1. The van der Waals surface area contributed by atoms with Crippen LogP contribution in [0.1, 0.15) is 38.4 Å². The molecule has 6 heteroatoms. The smallest absolute Gasteiger partial charge is 0.236 e. The molecule has 0 saturated heterocycles. The quantitative estimate of drug-likeness (QED) is 0.822. The Hall–Kier alpha value is -1.69. The van der Waals surface area contributed by atoms with Crippen LogP contribution < -0.4 is 5.32 Å². The van der Waals surface area contributed by atoms with E-state index in [1.807, 2.05) is 17.7 Å². The van der Waals surface area contributed by atoms with E-state index >= 15 is 0 Å². The van der Waals surface area contributed by atoms with Crippen molar-refractivity contribution in [3.05, 3.63) is 30.0 Å². The fourth-order valence-electron chi connectivity index (χ4n) is 1.76. The number of hydrogen-bond acceptors (Lipinski definition) is 5. The van der Waals surface area contributed by atoms with Gasteiger partial charge in [-0.05, 0) is 12.5 Å². The average Bonchev–Trinajstić information content (AvgIpc) is 2.99. The van der Waals surface area contributed by atoms with E-state index in [9.17, 15) is 0 Å². The molecule has 0 aromatic carbocycles. The van der Waals surface area contributed by atoms with Crippen molar-refractivity contribution in [3.63, 3.8) is 0 Å². The summed E-state index contributed by atoms with van der Waals surface area (Å²) in [5.74, 6) is 2.91. The zero-order chi connectivity index (χ0) is 13.7. The number of nitrogens with zero attached hydrogens (tertiary/aromatic N) is 4. The first-order chi connectivity index (χ1) is 9.19. The van der Waals surface area contributed by atoms with Crippen molar-refractivity contribution in [1.82, 2.24) is 25.1 Å². The maximum Gasteiger partial charge on any atom is 0.236 e. The van der Waals surface area contributed by atoms with Crippen molar-refractivity contribution in [3.8, 4) is 0 Å². The van der Waals surface area contributed by atoms with Crippen molar-refractivity contribution in [2.45, 2.75) is 40.3 Å². The summed E-state index contributed by atoms with van der Waals surface area (Å²) in [6.45, 7) is 8.67. The third-order valence-corrected chi connectivity index (χ3v) is 2.75. The molecule has 2 rings (SSSR count). The van der Waals surface area contributed by atoms with Crippen LogP contribution in [0, 0.1) is 5.92 Å². The van der Waals surface area contributed by atoms with Crippen LogP contribution in [0.5, 0.6) is 0 Å². The Bertz CT molecular complexity index is 503. The topological polar surface area (TPSA) is 68.8 Å². The molecule has 0 amide bonds. The normalized spacial score (nSPS) is 11.4. The lowest BCUT2D eigenvalue weighted by Gasteiger charge is -2.08. The van der Waals surface area contributed by atoms with Crippen molar-refractivity contribution in [2.75, 3.05) is 6.54 Å². The van der Waals surface area contributed by atoms with E-state index in [-0.39, 0.29) is 0 Å². The molecular weight excluding hydrogens is 242 g/mol. The zero-order valence-corrected chi connectivity index (χ0v) is 11.8. The van der Waals surface area contributed by atoms with Crippen molar-refractivity contribution < 1.29 is 4.42 Å². The second kappa shape index (κ2) is 6.47. The Labute approximate surface area is 113 Å². The zero-order valence-electron chi connectivity index (χ0n) is 11.8. The van der Waals surface area contributed by atoms with Crippen LogP contribution in [-0.4, -0.2) is 26.3 Å². The van der Waals surface area contributed by atoms with Crippen LogP contribution in [0.4, 0.5) is 0 Å². The third-order valence-electron chi connectivity index (χ3n) is 2.75. The number of nitrogens with one attached hydrogen (secondary N) is 1. The first kappa shape index (κ1) is 13.7. The van der Waals surface area contributed by atoms with Gasteiger partial charge in [-0.2, -0.15) is 0 Å². The van der Waals surface area contributed by atoms with E-state index in [0.717, 1.165) is 25.3 Å². The summed E-state index contributed by atoms with van der Waals surface area (Å²) in [7, 11) is 0. The summed E-state index contributed by atoms with van der Waals surface area (Å²) in [6.07, 6.45) is 4.49. The van der Waals surface area contributed by atoms with Crippen molar-refractivity contribution >= 4 is 0 Å². The summed E-state index contributed by atoms with van der Waals surface area (Å²) in [4.78, 5) is 4.35. The van der Waals surface area contributed by atoms with Crippen molar-refractivity contribution in [2.24, 2.45) is 5.92 Å². The van der Waals surface area contributed by atoms with Gasteiger partial charge in [-0.15, -0.1) is 10.2 Å². The minimum absolute atomic E-state index is 0.575. The number of aryl methyl sites for hydroxylation is 1. The molecule has 0 atom stereocenters. The molecule has 2 aromatic rings. The molecule has 0 bridgehead atoms. The molecule has 0 spiro atoms. The van der Waals surface area contributed by atoms with Gasteiger partial charge in [0.25, 0.3) is 0 Å². The van der Waals surface area contributed by atoms with Gasteiger partial charge in [0.05, 0.1) is 6.54 Å². The first-order valence-electron chi connectivity index (χ1n) is 6.71. The molecule has 0 unspecified atom stereocenters. The van der Waals surface area contributed by atoms with Gasteiger partial charge in [0, 0.05) is 18.8 Å². The highest BCUT2D eigenvalue weighted by Gasteiger charge is 2.08. The molecule has 2 aromatic heterocycles. The summed E-state index contributed by atoms with van der Waals surface area (Å²) in [6, 6.07) is 0. The van der Waals surface area contributed by atoms with E-state index in [1.165, 1.54) is 0 Å². The van der Waals surface area contributed by atoms with Crippen LogP contribution in [0.25, 0.3) is 0 Å². The van der Waals surface area contributed by atoms with E-state index in [0.29, 0.717) is 24.2 Å². The van der Waals surface area contributed by atoms with Gasteiger partial charge in [0.1, 0.15) is 12.4 Å². The van der Waals surface area contributed by atoms with Gasteiger partial charge >= 0.3 is 0 Å². The summed E-state index contributed by atoms with van der Waals surface area (Å²) in [5, 5.41) is 11.4. The molecule has 1 N–H and O–H groups in total. The highest BCUT2D eigenvalue weighted by Crippen LogP contribution is 2.06. The summed E-state index contributed by atoms with van der Waals surface area (Å²) >= 11 is 0. The van der Waals surface area contributed by atoms with Gasteiger partial charge in [-0.3, -0.25) is 0 Å². The Morgan fingerprint density at radius 3 is 2.79 bits per heavy atom. The minimum Gasteiger partial charge on any atom is -0.423 e. The lowest BCUT2D eigenvalue weighted by atomic mass is 10.2. The van der Waals surface area contributed by atoms with E-state index in [1.54, 1.807) is 6.20 Å². The van der Waals surface area contributed by atoms with Crippen LogP contribution in [0.3, 0.4) is 0 Å². The lowest BCUT2D eigenvalue weighted by Crippen LogP contribution is -2.21. The van der Waals surface area contributed by atoms with Gasteiger partial charge in [0.2, 0.25) is 11.8 Å². The largest absolute Gasteiger partial charge is 0.423 e. The van der Waals surface area contributed by atoms with Crippen LogP contribution in [-0.2, 0) is 19.5 Å². The molecule has 19 heavy (non-hydrogen) atoms. The lowest BCUT2D eigenvalue weighted by molar-refractivity contribution is 0.436. The van der Waals surface area contributed by atoms with Crippen LogP contribution in [0.2, 0.25) is 0 Å². The molecule has 0 aliphatic rings. The Kier molecular flexibility index (Phi) is 4.68. The Morgan fingerprint density at radius 2 is 2.11 bits per heavy atom. The molecule has 0 aliphatic carbocycles. The number of rotatable bonds is 7. The van der Waals surface area contributed by atoms with Crippen LogP contribution in [0.15, 0.2) is 16.8 Å². The molecule has 0 saturated carbocycles. The highest BCUT2D eigenvalue weighted by atomic mass is 16.4. The molecule has 0 aliphatic heterocycles. The summed E-state index contributed by atoms with van der Waals surface area (Å²) in [5.41, 5.74) is 0. The predicted molar refractivity (Wildman–Crippen MR) is 71.5 cm³/mol. The molecule has 2 heterocycles. The van der Waals surface area contributed by atoms with Crippen LogP contribution >= 0.6 is 0 Å². The fraction of sp³-hybridized carbons (Fsp3) is 0.615. The maximum absolute atomic E-state index is 5.51. The number of hydrogen-bond donors (Lipinski definition) is 1. The molecule has 104 valence electrons. The molecule has 0 radical (unpaired) electrons. The Balaban J connectivity index is 1.95. The van der Waals surface area contributed by atoms with Gasteiger partial charge in [-0.1, -0.05) is 20.8 Å². The first-order valence-corrected chi connectivity index (χ1v) is 6.71. The van der Waals surface area contributed by atoms with E-state index in [2.05, 4.69) is 34.3 Å².